The van der Waals surface area contributed by atoms with E-state index < -0.39 is 0 Å². The molecule has 0 fully saturated rings. The molecule has 0 atom stereocenters. The molecule has 1 N–H and O–H groups in total. The van der Waals surface area contributed by atoms with E-state index >= 15 is 0 Å². The molecule has 0 saturated heterocycles. The molecule has 0 bridgehead atoms. The number of nitrogens with one attached hydrogen (secondary N) is 1. The molecular weight excluding hydrogens is 378 g/mol. The third-order valence-corrected chi connectivity index (χ3v) is 4.71. The molecule has 1 amide bonds. The van der Waals surface area contributed by atoms with Gasteiger partial charge in [0.25, 0.3) is 0 Å². The minimum atomic E-state index is -0.239. The number of carbonyl (C=O) groups is 1. The topological polar surface area (TPSA) is 101 Å². The third kappa shape index (κ3) is 3.95. The minimum absolute atomic E-state index is 0.239. The molecule has 8 nitrogen and oxygen atoms in total. The number of aryl methyl sites for hydroxylation is 2. The number of rotatable bonds is 6. The van der Waals surface area contributed by atoms with Gasteiger partial charge < -0.3 is 9.88 Å². The number of benzene rings is 2. The van der Waals surface area contributed by atoms with Gasteiger partial charge in [0.05, 0.1) is 12.5 Å². The summed E-state index contributed by atoms with van der Waals surface area (Å²) in [6, 6.07) is 17.5. The average molecular weight is 397 g/mol. The van der Waals surface area contributed by atoms with E-state index in [1.807, 2.05) is 59.3 Å². The Bertz CT molecular complexity index is 1280. The zero-order valence-corrected chi connectivity index (χ0v) is 16.4. The fourth-order valence-electron chi connectivity index (χ4n) is 3.32. The standard InChI is InChI=1S/C22H19N7O/c1-28-22(25-26-27-28)16-6-4-7-18(14-16)24-21(30)11-10-17-15-29(13-5-12-23)20-9-3-2-8-19(17)20/h2-4,6-11,14-15H,5,13H2,1H3,(H,24,30)/b11-10+. The van der Waals surface area contributed by atoms with Gasteiger partial charge in [-0.15, -0.1) is 5.10 Å². The van der Waals surface area contributed by atoms with Gasteiger partial charge in [-0.25, -0.2) is 4.68 Å². The Morgan fingerprint density at radius 2 is 2.10 bits per heavy atom. The summed E-state index contributed by atoms with van der Waals surface area (Å²) in [7, 11) is 1.76. The number of nitrogens with zero attached hydrogens (tertiary/aromatic N) is 6. The average Bonchev–Trinajstić information content (AvgIpc) is 3.34. The van der Waals surface area contributed by atoms with Gasteiger partial charge in [0, 0.05) is 53.6 Å². The Balaban J connectivity index is 1.52. The Hall–Kier alpha value is -4.25. The fourth-order valence-corrected chi connectivity index (χ4v) is 3.32. The van der Waals surface area contributed by atoms with Crippen LogP contribution in [0.15, 0.2) is 60.8 Å². The largest absolute Gasteiger partial charge is 0.346 e. The summed E-state index contributed by atoms with van der Waals surface area (Å²) in [5.41, 5.74) is 3.43. The van der Waals surface area contributed by atoms with E-state index in [1.165, 1.54) is 6.08 Å². The van der Waals surface area contributed by atoms with Crippen LogP contribution in [0.3, 0.4) is 0 Å². The van der Waals surface area contributed by atoms with Crippen LogP contribution in [-0.4, -0.2) is 30.7 Å². The number of aromatic nitrogens is 5. The normalized spacial score (nSPS) is 11.1. The smallest absolute Gasteiger partial charge is 0.248 e. The van der Waals surface area contributed by atoms with E-state index in [1.54, 1.807) is 17.8 Å². The van der Waals surface area contributed by atoms with E-state index in [-0.39, 0.29) is 5.91 Å². The summed E-state index contributed by atoms with van der Waals surface area (Å²) in [6.07, 6.45) is 5.69. The molecule has 0 unspecified atom stereocenters. The summed E-state index contributed by atoms with van der Waals surface area (Å²) < 4.78 is 3.61. The predicted octanol–water partition coefficient (Wildman–Crippen LogP) is 3.40. The van der Waals surface area contributed by atoms with Gasteiger partial charge in [-0.3, -0.25) is 4.79 Å². The quantitative estimate of drug-likeness (QED) is 0.503. The van der Waals surface area contributed by atoms with E-state index in [9.17, 15) is 4.79 Å². The van der Waals surface area contributed by atoms with Crippen LogP contribution in [0.5, 0.6) is 0 Å². The second-order valence-electron chi connectivity index (χ2n) is 6.73. The SMILES string of the molecule is Cn1nnnc1-c1cccc(NC(=O)/C=C/c2cn(CCC#N)c3ccccc23)c1. The van der Waals surface area contributed by atoms with Crippen LogP contribution in [0.2, 0.25) is 0 Å². The molecule has 0 aliphatic carbocycles. The molecule has 0 saturated carbocycles. The van der Waals surface area contributed by atoms with Crippen LogP contribution < -0.4 is 5.32 Å². The Labute approximate surface area is 173 Å². The summed E-state index contributed by atoms with van der Waals surface area (Å²) in [5, 5.41) is 24.2. The van der Waals surface area contributed by atoms with Crippen LogP contribution in [0.4, 0.5) is 5.69 Å². The summed E-state index contributed by atoms with van der Waals surface area (Å²) in [6.45, 7) is 0.612. The summed E-state index contributed by atoms with van der Waals surface area (Å²) >= 11 is 0. The van der Waals surface area contributed by atoms with Crippen LogP contribution in [0.1, 0.15) is 12.0 Å². The number of amides is 1. The number of tetrazole rings is 1. The molecule has 2 aromatic heterocycles. The monoisotopic (exact) mass is 397 g/mol. The number of anilines is 1. The highest BCUT2D eigenvalue weighted by atomic mass is 16.1. The van der Waals surface area contributed by atoms with Crippen molar-refractivity contribution in [1.82, 2.24) is 24.8 Å². The van der Waals surface area contributed by atoms with Crippen molar-refractivity contribution in [2.75, 3.05) is 5.32 Å². The van der Waals surface area contributed by atoms with Crippen molar-refractivity contribution in [3.63, 3.8) is 0 Å². The van der Waals surface area contributed by atoms with Gasteiger partial charge in [-0.05, 0) is 34.7 Å². The summed E-state index contributed by atoms with van der Waals surface area (Å²) in [4.78, 5) is 12.5. The van der Waals surface area contributed by atoms with Crippen LogP contribution in [-0.2, 0) is 18.4 Å². The van der Waals surface area contributed by atoms with Gasteiger partial charge in [-0.2, -0.15) is 5.26 Å². The maximum absolute atomic E-state index is 12.5. The van der Waals surface area contributed by atoms with Crippen molar-refractivity contribution in [3.8, 4) is 17.5 Å². The molecule has 0 aliphatic heterocycles. The second kappa shape index (κ2) is 8.41. The Morgan fingerprint density at radius 3 is 2.90 bits per heavy atom. The third-order valence-electron chi connectivity index (χ3n) is 4.71. The molecule has 0 radical (unpaired) electrons. The zero-order valence-electron chi connectivity index (χ0n) is 16.4. The van der Waals surface area contributed by atoms with Gasteiger partial charge in [0.15, 0.2) is 5.82 Å². The van der Waals surface area contributed by atoms with Crippen LogP contribution >= 0.6 is 0 Å². The number of carbonyl (C=O) groups excluding carboxylic acids is 1. The molecule has 148 valence electrons. The van der Waals surface area contributed by atoms with Crippen LogP contribution in [0.25, 0.3) is 28.4 Å². The summed E-state index contributed by atoms with van der Waals surface area (Å²) in [5.74, 6) is 0.379. The lowest BCUT2D eigenvalue weighted by Crippen LogP contribution is -2.07. The fraction of sp³-hybridized carbons (Fsp3) is 0.136. The van der Waals surface area contributed by atoms with E-state index in [0.29, 0.717) is 24.5 Å². The van der Waals surface area contributed by atoms with Gasteiger partial charge in [-0.1, -0.05) is 30.3 Å². The molecule has 2 aromatic carbocycles. The molecule has 0 spiro atoms. The van der Waals surface area contributed by atoms with Crippen molar-refractivity contribution in [1.29, 1.82) is 5.26 Å². The molecule has 4 rings (SSSR count). The highest BCUT2D eigenvalue weighted by Crippen LogP contribution is 2.23. The first-order chi connectivity index (χ1) is 14.7. The second-order valence-corrected chi connectivity index (χ2v) is 6.73. The van der Waals surface area contributed by atoms with Gasteiger partial charge in [0.2, 0.25) is 5.91 Å². The lowest BCUT2D eigenvalue weighted by Gasteiger charge is -2.04. The van der Waals surface area contributed by atoms with Crippen molar-refractivity contribution in [2.45, 2.75) is 13.0 Å². The first kappa shape index (κ1) is 19.1. The van der Waals surface area contributed by atoms with Crippen molar-refractivity contribution >= 4 is 28.6 Å². The van der Waals surface area contributed by atoms with Gasteiger partial charge in [0.1, 0.15) is 0 Å². The Kier molecular flexibility index (Phi) is 5.35. The lowest BCUT2D eigenvalue weighted by atomic mass is 10.1. The molecule has 4 aromatic rings. The number of hydrogen-bond acceptors (Lipinski definition) is 5. The van der Waals surface area contributed by atoms with Crippen molar-refractivity contribution in [3.05, 3.63) is 66.4 Å². The number of nitriles is 1. The van der Waals surface area contributed by atoms with Gasteiger partial charge >= 0.3 is 0 Å². The maximum atomic E-state index is 12.5. The van der Waals surface area contributed by atoms with Crippen molar-refractivity contribution < 1.29 is 4.79 Å². The zero-order chi connectivity index (χ0) is 20.9. The van der Waals surface area contributed by atoms with E-state index in [0.717, 1.165) is 22.0 Å². The maximum Gasteiger partial charge on any atom is 0.248 e. The van der Waals surface area contributed by atoms with E-state index in [4.69, 9.17) is 5.26 Å². The Morgan fingerprint density at radius 1 is 1.23 bits per heavy atom. The highest BCUT2D eigenvalue weighted by Gasteiger charge is 2.08. The number of para-hydroxylation sites is 1. The van der Waals surface area contributed by atoms with Crippen LogP contribution in [0, 0.1) is 11.3 Å². The molecule has 0 aliphatic rings. The highest BCUT2D eigenvalue weighted by molar-refractivity contribution is 6.03. The van der Waals surface area contributed by atoms with E-state index in [2.05, 4.69) is 26.9 Å². The lowest BCUT2D eigenvalue weighted by molar-refractivity contribution is -0.111. The molecule has 30 heavy (non-hydrogen) atoms. The molecule has 8 heteroatoms. The number of fused-ring (bicyclic) bond motifs is 1. The van der Waals surface area contributed by atoms with Crippen molar-refractivity contribution in [2.24, 2.45) is 7.05 Å². The molecular formula is C22H19N7O. The predicted molar refractivity (Wildman–Crippen MR) is 114 cm³/mol. The first-order valence-corrected chi connectivity index (χ1v) is 9.42. The minimum Gasteiger partial charge on any atom is -0.346 e. The first-order valence-electron chi connectivity index (χ1n) is 9.42. The number of hydrogen-bond donors (Lipinski definition) is 1. The molecule has 2 heterocycles.